The van der Waals surface area contributed by atoms with E-state index in [0.717, 1.165) is 12.8 Å². The van der Waals surface area contributed by atoms with Gasteiger partial charge >= 0.3 is 0 Å². The van der Waals surface area contributed by atoms with E-state index in [1.807, 2.05) is 0 Å². The third-order valence-corrected chi connectivity index (χ3v) is 6.05. The van der Waals surface area contributed by atoms with Crippen LogP contribution in [0, 0.1) is 0 Å². The summed E-state index contributed by atoms with van der Waals surface area (Å²) in [5.41, 5.74) is 6.08. The number of nitrogens with two attached hydrogens (primary N) is 1. The summed E-state index contributed by atoms with van der Waals surface area (Å²) in [4.78, 5) is 11.4. The summed E-state index contributed by atoms with van der Waals surface area (Å²) in [6.07, 6.45) is 1.52. The molecule has 1 saturated heterocycles. The van der Waals surface area contributed by atoms with Crippen LogP contribution in [0.1, 0.15) is 12.8 Å². The van der Waals surface area contributed by atoms with Crippen LogP contribution in [0.4, 0.5) is 5.69 Å². The van der Waals surface area contributed by atoms with Crippen molar-refractivity contribution in [1.29, 1.82) is 0 Å². The molecule has 2 heterocycles. The van der Waals surface area contributed by atoms with Crippen LogP contribution in [0.25, 0.3) is 0 Å². The minimum Gasteiger partial charge on any atom is -0.495 e. The number of anilines is 1. The van der Waals surface area contributed by atoms with E-state index in [1.165, 1.54) is 23.5 Å². The zero-order chi connectivity index (χ0) is 16.6. The van der Waals surface area contributed by atoms with Gasteiger partial charge in [-0.3, -0.25) is 4.79 Å². The highest BCUT2D eigenvalue weighted by Gasteiger charge is 2.37. The van der Waals surface area contributed by atoms with Gasteiger partial charge < -0.3 is 20.5 Å². The van der Waals surface area contributed by atoms with Crippen LogP contribution in [0.3, 0.4) is 0 Å². The molecule has 1 aromatic carbocycles. The summed E-state index contributed by atoms with van der Waals surface area (Å²) in [6, 6.07) is 2.66. The van der Waals surface area contributed by atoms with E-state index in [2.05, 4.69) is 5.32 Å². The number of rotatable bonds is 4. The Kier molecular flexibility index (Phi) is 4.17. The number of carbonyl (C=O) groups is 1. The molecular weight excluding hydrogens is 322 g/mol. The van der Waals surface area contributed by atoms with Crippen molar-refractivity contribution in [3.8, 4) is 11.5 Å². The summed E-state index contributed by atoms with van der Waals surface area (Å²) < 4.78 is 37.9. The molecule has 9 heteroatoms. The number of sulfonamides is 1. The molecule has 2 aliphatic heterocycles. The number of nitrogens with one attached hydrogen (secondary N) is 1. The minimum atomic E-state index is -3.75. The summed E-state index contributed by atoms with van der Waals surface area (Å²) in [5, 5.41) is 2.63. The lowest BCUT2D eigenvalue weighted by Crippen LogP contribution is -2.40. The van der Waals surface area contributed by atoms with E-state index in [9.17, 15) is 13.2 Å². The first-order valence-electron chi connectivity index (χ1n) is 7.34. The predicted octanol–water partition coefficient (Wildman–Crippen LogP) is 0.138. The Morgan fingerprint density at radius 3 is 2.96 bits per heavy atom. The van der Waals surface area contributed by atoms with Gasteiger partial charge in [0.15, 0.2) is 6.61 Å². The molecule has 0 radical (unpaired) electrons. The van der Waals surface area contributed by atoms with Gasteiger partial charge in [-0.1, -0.05) is 0 Å². The van der Waals surface area contributed by atoms with E-state index in [4.69, 9.17) is 15.2 Å². The van der Waals surface area contributed by atoms with Gasteiger partial charge in [0.2, 0.25) is 10.0 Å². The molecule has 0 aromatic heterocycles. The van der Waals surface area contributed by atoms with Crippen LogP contribution >= 0.6 is 0 Å². The highest BCUT2D eigenvalue weighted by molar-refractivity contribution is 7.89. The fourth-order valence-electron chi connectivity index (χ4n) is 2.94. The normalized spacial score (nSPS) is 21.5. The van der Waals surface area contributed by atoms with Crippen molar-refractivity contribution in [2.75, 3.05) is 32.1 Å². The highest BCUT2D eigenvalue weighted by atomic mass is 32.2. The van der Waals surface area contributed by atoms with Crippen molar-refractivity contribution in [3.63, 3.8) is 0 Å². The molecule has 1 unspecified atom stereocenters. The lowest BCUT2D eigenvalue weighted by atomic mass is 10.2. The van der Waals surface area contributed by atoms with Gasteiger partial charge in [0, 0.05) is 31.3 Å². The quantitative estimate of drug-likeness (QED) is 0.806. The molecule has 0 spiro atoms. The van der Waals surface area contributed by atoms with E-state index in [-0.39, 0.29) is 35.7 Å². The number of amides is 1. The standard InChI is InChI=1S/C14H19N3O5S/c1-21-12-5-10-11(22-8-14(18)16-10)6-13(12)23(19,20)17-4-2-3-9(17)7-15/h5-6,9H,2-4,7-8,15H2,1H3,(H,16,18). The van der Waals surface area contributed by atoms with Gasteiger partial charge in [0.05, 0.1) is 12.8 Å². The zero-order valence-electron chi connectivity index (χ0n) is 12.7. The molecule has 126 valence electrons. The second kappa shape index (κ2) is 5.99. The van der Waals surface area contributed by atoms with Crippen molar-refractivity contribution >= 4 is 21.6 Å². The lowest BCUT2D eigenvalue weighted by molar-refractivity contribution is -0.118. The minimum absolute atomic E-state index is 0.0234. The van der Waals surface area contributed by atoms with Gasteiger partial charge in [-0.25, -0.2) is 8.42 Å². The highest BCUT2D eigenvalue weighted by Crippen LogP contribution is 2.39. The fourth-order valence-corrected chi connectivity index (χ4v) is 4.80. The maximum atomic E-state index is 13.0. The van der Waals surface area contributed by atoms with Crippen LogP contribution in [0.15, 0.2) is 17.0 Å². The maximum Gasteiger partial charge on any atom is 0.262 e. The van der Waals surface area contributed by atoms with Crippen LogP contribution in [-0.2, 0) is 14.8 Å². The van der Waals surface area contributed by atoms with E-state index >= 15 is 0 Å². The van der Waals surface area contributed by atoms with Crippen LogP contribution < -0.4 is 20.5 Å². The average molecular weight is 341 g/mol. The number of methoxy groups -OCH3 is 1. The molecule has 3 N–H and O–H groups in total. The molecule has 0 aliphatic carbocycles. The SMILES string of the molecule is COc1cc2c(cc1S(=O)(=O)N1CCCC1CN)OCC(=O)N2. The van der Waals surface area contributed by atoms with Gasteiger partial charge in [0.1, 0.15) is 16.4 Å². The Morgan fingerprint density at radius 1 is 1.48 bits per heavy atom. The molecule has 1 fully saturated rings. The summed E-state index contributed by atoms with van der Waals surface area (Å²) >= 11 is 0. The number of nitrogens with zero attached hydrogens (tertiary/aromatic N) is 1. The molecular formula is C14H19N3O5S. The van der Waals surface area contributed by atoms with Crippen molar-refractivity contribution in [3.05, 3.63) is 12.1 Å². The zero-order valence-corrected chi connectivity index (χ0v) is 13.6. The van der Waals surface area contributed by atoms with Crippen LogP contribution in [0.5, 0.6) is 11.5 Å². The molecule has 23 heavy (non-hydrogen) atoms. The topological polar surface area (TPSA) is 111 Å². The molecule has 1 atom stereocenters. The Hall–Kier alpha value is -1.84. The van der Waals surface area contributed by atoms with Crippen molar-refractivity contribution in [2.45, 2.75) is 23.8 Å². The van der Waals surface area contributed by atoms with Crippen molar-refractivity contribution in [1.82, 2.24) is 4.31 Å². The Balaban J connectivity index is 2.06. The average Bonchev–Trinajstić information content (AvgIpc) is 3.02. The maximum absolute atomic E-state index is 13.0. The first kappa shape index (κ1) is 16.0. The molecule has 8 nitrogen and oxygen atoms in total. The van der Waals surface area contributed by atoms with Gasteiger partial charge in [-0.05, 0) is 12.8 Å². The largest absolute Gasteiger partial charge is 0.495 e. The second-order valence-electron chi connectivity index (χ2n) is 5.48. The molecule has 2 aliphatic rings. The molecule has 0 bridgehead atoms. The lowest BCUT2D eigenvalue weighted by Gasteiger charge is -2.25. The number of ether oxygens (including phenoxy) is 2. The van der Waals surface area contributed by atoms with Gasteiger partial charge in [-0.15, -0.1) is 0 Å². The summed E-state index contributed by atoms with van der Waals surface area (Å²) in [5.74, 6) is 0.183. The van der Waals surface area contributed by atoms with E-state index in [0.29, 0.717) is 18.0 Å². The second-order valence-corrected chi connectivity index (χ2v) is 7.34. The summed E-state index contributed by atoms with van der Waals surface area (Å²) in [6.45, 7) is 0.565. The van der Waals surface area contributed by atoms with Crippen molar-refractivity contribution in [2.24, 2.45) is 5.73 Å². The van der Waals surface area contributed by atoms with E-state index in [1.54, 1.807) is 0 Å². The van der Waals surface area contributed by atoms with Gasteiger partial charge in [0.25, 0.3) is 5.91 Å². The number of hydrogen-bond donors (Lipinski definition) is 2. The third kappa shape index (κ3) is 2.75. The Labute approximate surface area is 134 Å². The summed E-state index contributed by atoms with van der Waals surface area (Å²) in [7, 11) is -2.37. The smallest absolute Gasteiger partial charge is 0.262 e. The molecule has 1 aromatic rings. The van der Waals surface area contributed by atoms with Crippen LogP contribution in [-0.4, -0.2) is 51.5 Å². The number of hydrogen-bond acceptors (Lipinski definition) is 6. The number of benzene rings is 1. The molecule has 1 amide bonds. The Bertz CT molecular complexity index is 734. The first-order chi connectivity index (χ1) is 11.0. The number of fused-ring (bicyclic) bond motifs is 1. The predicted molar refractivity (Wildman–Crippen MR) is 83.1 cm³/mol. The van der Waals surface area contributed by atoms with Gasteiger partial charge in [-0.2, -0.15) is 4.31 Å². The fraction of sp³-hybridized carbons (Fsp3) is 0.500. The van der Waals surface area contributed by atoms with E-state index < -0.39 is 10.0 Å². The molecule has 0 saturated carbocycles. The molecule has 3 rings (SSSR count). The third-order valence-electron chi connectivity index (χ3n) is 4.08. The Morgan fingerprint density at radius 2 is 2.26 bits per heavy atom. The monoisotopic (exact) mass is 341 g/mol. The first-order valence-corrected chi connectivity index (χ1v) is 8.78. The van der Waals surface area contributed by atoms with Crippen LogP contribution in [0.2, 0.25) is 0 Å². The number of carbonyl (C=O) groups excluding carboxylic acids is 1. The van der Waals surface area contributed by atoms with Crippen molar-refractivity contribution < 1.29 is 22.7 Å².